The van der Waals surface area contributed by atoms with Gasteiger partial charge in [0.05, 0.1) is 22.1 Å². The van der Waals surface area contributed by atoms with Crippen LogP contribution < -0.4 is 20.7 Å². The predicted molar refractivity (Wildman–Crippen MR) is 236 cm³/mol. The first-order valence-corrected chi connectivity index (χ1v) is 21.1. The quantitative estimate of drug-likeness (QED) is 0.0922. The molecule has 256 valence electrons. The second kappa shape index (κ2) is 11.5. The maximum atomic E-state index is 2.45. The van der Waals surface area contributed by atoms with Gasteiger partial charge in [0.15, 0.2) is 8.07 Å². The Balaban J connectivity index is 1.08. The van der Waals surface area contributed by atoms with Crippen molar-refractivity contribution in [3.8, 4) is 11.4 Å². The van der Waals surface area contributed by atoms with E-state index in [-0.39, 0.29) is 0 Å². The number of nitrogens with zero attached hydrogens (tertiary/aromatic N) is 2. The Hall–Kier alpha value is -6.94. The van der Waals surface area contributed by atoms with E-state index in [1.165, 1.54) is 97.3 Å². The molecule has 0 aliphatic heterocycles. The molecule has 3 heteroatoms. The van der Waals surface area contributed by atoms with Gasteiger partial charge in [0, 0.05) is 32.9 Å². The zero-order valence-electron chi connectivity index (χ0n) is 30.0. The highest BCUT2D eigenvalue weighted by Crippen LogP contribution is 2.40. The molecule has 0 radical (unpaired) electrons. The molecule has 0 amide bonds. The van der Waals surface area contributed by atoms with Crippen molar-refractivity contribution in [1.29, 1.82) is 0 Å². The van der Waals surface area contributed by atoms with Crippen LogP contribution in [0.2, 0.25) is 0 Å². The number of hydrogen-bond donors (Lipinski definition) is 0. The monoisotopic (exact) mass is 714 g/mol. The smallest absolute Gasteiger partial charge is 0.179 e. The summed E-state index contributed by atoms with van der Waals surface area (Å²) in [5.41, 5.74) is 7.35. The lowest BCUT2D eigenvalue weighted by molar-refractivity contribution is 1.18. The number of benzene rings is 10. The van der Waals surface area contributed by atoms with Crippen LogP contribution in [0.3, 0.4) is 0 Å². The minimum absolute atomic E-state index is 1.18. The first-order valence-electron chi connectivity index (χ1n) is 19.1. The van der Waals surface area contributed by atoms with E-state index in [1.54, 1.807) is 0 Å². The van der Waals surface area contributed by atoms with Gasteiger partial charge in [-0.05, 0) is 90.8 Å². The average molecular weight is 715 g/mol. The second-order valence-corrected chi connectivity index (χ2v) is 18.7. The number of aromatic nitrogens is 2. The summed E-state index contributed by atoms with van der Waals surface area (Å²) in [6, 6.07) is 77.3. The van der Waals surface area contributed by atoms with Crippen LogP contribution in [0.15, 0.2) is 206 Å². The molecule has 2 aromatic heterocycles. The Bertz CT molecular complexity index is 2980. The normalized spacial score (nSPS) is 12.4. The van der Waals surface area contributed by atoms with Crippen molar-refractivity contribution in [3.05, 3.63) is 206 Å². The van der Waals surface area contributed by atoms with Crippen LogP contribution >= 0.6 is 0 Å². The summed E-state index contributed by atoms with van der Waals surface area (Å²) in [5.74, 6) is 0. The van der Waals surface area contributed by atoms with E-state index in [4.69, 9.17) is 0 Å². The highest BCUT2D eigenvalue weighted by atomic mass is 28.3. The fourth-order valence-corrected chi connectivity index (χ4v) is 14.6. The highest BCUT2D eigenvalue weighted by Gasteiger charge is 2.41. The third-order valence-corrected chi connectivity index (χ3v) is 17.0. The molecule has 12 aromatic rings. The van der Waals surface area contributed by atoms with Crippen LogP contribution in [0.5, 0.6) is 0 Å². The van der Waals surface area contributed by atoms with E-state index in [1.807, 2.05) is 0 Å². The Morgan fingerprint density at radius 1 is 0.236 bits per heavy atom. The van der Waals surface area contributed by atoms with Crippen molar-refractivity contribution in [1.82, 2.24) is 9.13 Å². The Kier molecular flexibility index (Phi) is 6.39. The van der Waals surface area contributed by atoms with Crippen molar-refractivity contribution >= 4 is 94.0 Å². The molecule has 0 unspecified atom stereocenters. The summed E-state index contributed by atoms with van der Waals surface area (Å²) >= 11 is 0. The van der Waals surface area contributed by atoms with Crippen molar-refractivity contribution < 1.29 is 0 Å². The molecule has 12 rings (SSSR count). The fraction of sp³-hybridized carbons (Fsp3) is 0. The molecule has 0 aliphatic rings. The standard InChI is InChI=1S/C52H34N2Si/c1-3-15-41(16-4-1)55(42-17-5-2-6-18-42,43-31-27-39(28-32-43)53-45-19-7-11-35-23-24-36-12-8-20-46(53)50(36)49(35)45)44-33-29-40(30-34-44)54-47-21-9-13-37-25-26-38-14-10-22-48(54)52(38)51(37)47/h1-34H. The Morgan fingerprint density at radius 2 is 0.527 bits per heavy atom. The molecular formula is C52H34N2Si. The lowest BCUT2D eigenvalue weighted by Gasteiger charge is -2.34. The summed E-state index contributed by atoms with van der Waals surface area (Å²) in [6.45, 7) is 0. The first-order chi connectivity index (χ1) is 27.3. The fourth-order valence-electron chi connectivity index (χ4n) is 9.89. The van der Waals surface area contributed by atoms with Gasteiger partial charge in [-0.3, -0.25) is 0 Å². The summed E-state index contributed by atoms with van der Waals surface area (Å²) in [4.78, 5) is 0. The first kappa shape index (κ1) is 30.5. The number of hydrogen-bond acceptors (Lipinski definition) is 0. The average Bonchev–Trinajstić information content (AvgIpc) is 3.79. The maximum Gasteiger partial charge on any atom is 0.179 e. The van der Waals surface area contributed by atoms with Crippen LogP contribution in [0.25, 0.3) is 76.5 Å². The van der Waals surface area contributed by atoms with E-state index in [9.17, 15) is 0 Å². The molecule has 0 fully saturated rings. The van der Waals surface area contributed by atoms with Crippen molar-refractivity contribution in [2.75, 3.05) is 0 Å². The van der Waals surface area contributed by atoms with Crippen LogP contribution in [0.1, 0.15) is 0 Å². The SMILES string of the molecule is c1ccc([Si](c2ccccc2)(c2ccc(-n3c4cccc5ccc6cccc3c6c54)cc2)c2ccc(-n3c4cccc5ccc6cccc3c6c54)cc2)cc1. The molecule has 0 bridgehead atoms. The largest absolute Gasteiger partial charge is 0.309 e. The molecule has 0 N–H and O–H groups in total. The maximum absolute atomic E-state index is 2.78. The van der Waals surface area contributed by atoms with Crippen LogP contribution in [-0.4, -0.2) is 17.2 Å². The molecule has 2 heterocycles. The van der Waals surface area contributed by atoms with Crippen LogP contribution in [0, 0.1) is 0 Å². The van der Waals surface area contributed by atoms with Gasteiger partial charge in [-0.25, -0.2) is 0 Å². The van der Waals surface area contributed by atoms with Crippen molar-refractivity contribution in [3.63, 3.8) is 0 Å². The lowest BCUT2D eigenvalue weighted by Crippen LogP contribution is -2.74. The van der Waals surface area contributed by atoms with Gasteiger partial charge >= 0.3 is 0 Å². The van der Waals surface area contributed by atoms with Crippen LogP contribution in [-0.2, 0) is 0 Å². The minimum atomic E-state index is -2.78. The molecular weight excluding hydrogens is 681 g/mol. The second-order valence-electron chi connectivity index (χ2n) is 14.9. The van der Waals surface area contributed by atoms with E-state index < -0.39 is 8.07 Å². The van der Waals surface area contributed by atoms with E-state index >= 15 is 0 Å². The van der Waals surface area contributed by atoms with Gasteiger partial charge in [0.1, 0.15) is 0 Å². The van der Waals surface area contributed by atoms with E-state index in [0.29, 0.717) is 0 Å². The predicted octanol–water partition coefficient (Wildman–Crippen LogP) is 10.4. The molecule has 0 spiro atoms. The van der Waals surface area contributed by atoms with Crippen molar-refractivity contribution in [2.45, 2.75) is 0 Å². The van der Waals surface area contributed by atoms with E-state index in [2.05, 4.69) is 215 Å². The topological polar surface area (TPSA) is 9.86 Å². The third kappa shape index (κ3) is 4.19. The van der Waals surface area contributed by atoms with Gasteiger partial charge in [0.2, 0.25) is 0 Å². The summed E-state index contributed by atoms with van der Waals surface area (Å²) in [7, 11) is -2.78. The molecule has 55 heavy (non-hydrogen) atoms. The molecule has 2 nitrogen and oxygen atoms in total. The number of rotatable bonds is 6. The molecule has 10 aromatic carbocycles. The zero-order chi connectivity index (χ0) is 36.1. The highest BCUT2D eigenvalue weighted by molar-refractivity contribution is 7.19. The van der Waals surface area contributed by atoms with Gasteiger partial charge in [-0.2, -0.15) is 0 Å². The molecule has 0 aliphatic carbocycles. The zero-order valence-corrected chi connectivity index (χ0v) is 31.0. The Morgan fingerprint density at radius 3 is 0.836 bits per heavy atom. The van der Waals surface area contributed by atoms with Gasteiger partial charge in [-0.1, -0.05) is 158 Å². The Labute approximate surface area is 319 Å². The summed E-state index contributed by atoms with van der Waals surface area (Å²) in [5, 5.41) is 15.9. The summed E-state index contributed by atoms with van der Waals surface area (Å²) < 4.78 is 4.90. The third-order valence-electron chi connectivity index (χ3n) is 12.2. The van der Waals surface area contributed by atoms with Crippen LogP contribution in [0.4, 0.5) is 0 Å². The van der Waals surface area contributed by atoms with Gasteiger partial charge in [0.25, 0.3) is 0 Å². The molecule has 0 atom stereocenters. The van der Waals surface area contributed by atoms with Gasteiger partial charge < -0.3 is 9.13 Å². The molecule has 0 saturated carbocycles. The van der Waals surface area contributed by atoms with E-state index in [0.717, 1.165) is 0 Å². The van der Waals surface area contributed by atoms with Gasteiger partial charge in [-0.15, -0.1) is 0 Å². The molecule has 0 saturated heterocycles. The lowest BCUT2D eigenvalue weighted by atomic mass is 10.0. The summed E-state index contributed by atoms with van der Waals surface area (Å²) in [6.07, 6.45) is 0. The minimum Gasteiger partial charge on any atom is -0.309 e. The van der Waals surface area contributed by atoms with Crippen molar-refractivity contribution in [2.24, 2.45) is 0 Å².